The van der Waals surface area contributed by atoms with Crippen LogP contribution in [0.25, 0.3) is 0 Å². The summed E-state index contributed by atoms with van der Waals surface area (Å²) in [4.78, 5) is 13.5. The van der Waals surface area contributed by atoms with Gasteiger partial charge in [0.1, 0.15) is 6.29 Å². The van der Waals surface area contributed by atoms with Crippen LogP contribution in [0.15, 0.2) is 0 Å². The molecule has 94 valence electrons. The molecule has 0 N–H and O–H groups in total. The molecule has 2 heteroatoms. The SMILES string of the molecule is CCC(C)(C=O)CN(C)C1CCC(C)CC1. The first-order chi connectivity index (χ1) is 7.50. The molecule has 16 heavy (non-hydrogen) atoms. The molecule has 0 saturated heterocycles. The van der Waals surface area contributed by atoms with Gasteiger partial charge < -0.3 is 9.69 Å². The fraction of sp³-hybridized carbons (Fsp3) is 0.929. The van der Waals surface area contributed by atoms with E-state index in [2.05, 4.69) is 32.7 Å². The Kier molecular flexibility index (Phi) is 4.97. The number of carbonyl (C=O) groups excluding carboxylic acids is 1. The third kappa shape index (κ3) is 3.58. The van der Waals surface area contributed by atoms with E-state index in [9.17, 15) is 4.79 Å². The van der Waals surface area contributed by atoms with Gasteiger partial charge in [-0.2, -0.15) is 0 Å². The molecule has 0 aromatic heterocycles. The minimum atomic E-state index is -0.155. The molecule has 1 aliphatic rings. The number of hydrogen-bond acceptors (Lipinski definition) is 2. The molecule has 0 aliphatic heterocycles. The topological polar surface area (TPSA) is 20.3 Å². The highest BCUT2D eigenvalue weighted by atomic mass is 16.1. The van der Waals surface area contributed by atoms with Gasteiger partial charge in [0.2, 0.25) is 0 Å². The van der Waals surface area contributed by atoms with Crippen molar-refractivity contribution in [2.45, 2.75) is 58.9 Å². The van der Waals surface area contributed by atoms with Crippen molar-refractivity contribution in [1.29, 1.82) is 0 Å². The van der Waals surface area contributed by atoms with E-state index in [1.54, 1.807) is 0 Å². The van der Waals surface area contributed by atoms with Gasteiger partial charge in [0.15, 0.2) is 0 Å². The molecule has 0 radical (unpaired) electrons. The molecule has 1 unspecified atom stereocenters. The smallest absolute Gasteiger partial charge is 0.127 e. The second-order valence-electron chi connectivity index (χ2n) is 5.95. The zero-order valence-corrected chi connectivity index (χ0v) is 11.3. The molecule has 0 amide bonds. The van der Waals surface area contributed by atoms with E-state index in [4.69, 9.17) is 0 Å². The molecule has 0 aromatic rings. The maximum absolute atomic E-state index is 11.1. The number of hydrogen-bond donors (Lipinski definition) is 0. The van der Waals surface area contributed by atoms with Crippen LogP contribution >= 0.6 is 0 Å². The summed E-state index contributed by atoms with van der Waals surface area (Å²) in [6.07, 6.45) is 7.36. The standard InChI is InChI=1S/C14H27NO/c1-5-14(3,11-16)10-15(4)13-8-6-12(2)7-9-13/h11-13H,5-10H2,1-4H3. The van der Waals surface area contributed by atoms with E-state index in [1.165, 1.54) is 25.7 Å². The number of carbonyl (C=O) groups is 1. The van der Waals surface area contributed by atoms with Gasteiger partial charge in [-0.3, -0.25) is 0 Å². The highest BCUT2D eigenvalue weighted by molar-refractivity contribution is 5.58. The molecule has 1 fully saturated rings. The largest absolute Gasteiger partial charge is 0.303 e. The summed E-state index contributed by atoms with van der Waals surface area (Å²) in [6.45, 7) is 7.43. The van der Waals surface area contributed by atoms with Gasteiger partial charge in [-0.25, -0.2) is 0 Å². The molecule has 1 atom stereocenters. The maximum Gasteiger partial charge on any atom is 0.127 e. The van der Waals surface area contributed by atoms with Crippen LogP contribution in [0.2, 0.25) is 0 Å². The summed E-state index contributed by atoms with van der Waals surface area (Å²) < 4.78 is 0. The third-order valence-electron chi connectivity index (χ3n) is 4.31. The predicted molar refractivity (Wildman–Crippen MR) is 68.5 cm³/mol. The molecule has 1 aliphatic carbocycles. The van der Waals surface area contributed by atoms with Crippen LogP contribution in [0.1, 0.15) is 52.9 Å². The summed E-state index contributed by atoms with van der Waals surface area (Å²) in [5.74, 6) is 0.897. The molecule has 0 bridgehead atoms. The van der Waals surface area contributed by atoms with Crippen molar-refractivity contribution in [3.8, 4) is 0 Å². The van der Waals surface area contributed by atoms with Crippen LogP contribution < -0.4 is 0 Å². The van der Waals surface area contributed by atoms with Gasteiger partial charge in [-0.05, 0) is 45.1 Å². The van der Waals surface area contributed by atoms with E-state index < -0.39 is 0 Å². The van der Waals surface area contributed by atoms with Crippen LogP contribution in [0.5, 0.6) is 0 Å². The summed E-state index contributed by atoms with van der Waals surface area (Å²) in [5.41, 5.74) is -0.155. The van der Waals surface area contributed by atoms with Gasteiger partial charge in [0.05, 0.1) is 0 Å². The lowest BCUT2D eigenvalue weighted by Gasteiger charge is -2.37. The Morgan fingerprint density at radius 3 is 2.31 bits per heavy atom. The van der Waals surface area contributed by atoms with E-state index in [1.807, 2.05) is 0 Å². The Hall–Kier alpha value is -0.370. The zero-order valence-electron chi connectivity index (χ0n) is 11.3. The van der Waals surface area contributed by atoms with Crippen molar-refractivity contribution >= 4 is 6.29 Å². The average Bonchev–Trinajstić information content (AvgIpc) is 2.29. The van der Waals surface area contributed by atoms with E-state index in [-0.39, 0.29) is 5.41 Å². The zero-order chi connectivity index (χ0) is 12.2. The molecular formula is C14H27NO. The molecule has 0 heterocycles. The molecule has 0 aromatic carbocycles. The van der Waals surface area contributed by atoms with Gasteiger partial charge in [-0.15, -0.1) is 0 Å². The van der Waals surface area contributed by atoms with E-state index in [0.717, 1.165) is 25.2 Å². The van der Waals surface area contributed by atoms with Crippen molar-refractivity contribution in [2.24, 2.45) is 11.3 Å². The first-order valence-corrected chi connectivity index (χ1v) is 6.67. The predicted octanol–water partition coefficient (Wildman–Crippen LogP) is 3.11. The van der Waals surface area contributed by atoms with Crippen LogP contribution in [-0.4, -0.2) is 30.8 Å². The normalized spacial score (nSPS) is 30.1. The van der Waals surface area contributed by atoms with Crippen molar-refractivity contribution in [2.75, 3.05) is 13.6 Å². The maximum atomic E-state index is 11.1. The van der Waals surface area contributed by atoms with E-state index in [0.29, 0.717) is 6.04 Å². The molecule has 1 saturated carbocycles. The molecule has 2 nitrogen and oxygen atoms in total. The average molecular weight is 225 g/mol. The van der Waals surface area contributed by atoms with E-state index >= 15 is 0 Å². The quantitative estimate of drug-likeness (QED) is 0.670. The van der Waals surface area contributed by atoms with Crippen LogP contribution in [-0.2, 0) is 4.79 Å². The molecule has 0 spiro atoms. The first-order valence-electron chi connectivity index (χ1n) is 6.67. The number of nitrogens with zero attached hydrogens (tertiary/aromatic N) is 1. The third-order valence-corrected chi connectivity index (χ3v) is 4.31. The Morgan fingerprint density at radius 2 is 1.88 bits per heavy atom. The number of rotatable bonds is 5. The Bertz CT molecular complexity index is 221. The minimum Gasteiger partial charge on any atom is -0.303 e. The van der Waals surface area contributed by atoms with Gasteiger partial charge in [0.25, 0.3) is 0 Å². The Labute approximate surface area is 100 Å². The Morgan fingerprint density at radius 1 is 1.31 bits per heavy atom. The lowest BCUT2D eigenvalue weighted by molar-refractivity contribution is -0.116. The van der Waals surface area contributed by atoms with Crippen molar-refractivity contribution in [3.05, 3.63) is 0 Å². The summed E-state index contributed by atoms with van der Waals surface area (Å²) >= 11 is 0. The van der Waals surface area contributed by atoms with Crippen LogP contribution in [0, 0.1) is 11.3 Å². The van der Waals surface area contributed by atoms with Gasteiger partial charge in [0, 0.05) is 18.0 Å². The molecular weight excluding hydrogens is 198 g/mol. The monoisotopic (exact) mass is 225 g/mol. The minimum absolute atomic E-state index is 0.155. The van der Waals surface area contributed by atoms with Crippen molar-refractivity contribution < 1.29 is 4.79 Å². The summed E-state index contributed by atoms with van der Waals surface area (Å²) in [5, 5.41) is 0. The fourth-order valence-corrected chi connectivity index (χ4v) is 2.61. The summed E-state index contributed by atoms with van der Waals surface area (Å²) in [6, 6.07) is 0.696. The van der Waals surface area contributed by atoms with Crippen molar-refractivity contribution in [3.63, 3.8) is 0 Å². The first kappa shape index (κ1) is 13.7. The van der Waals surface area contributed by atoms with Crippen LogP contribution in [0.3, 0.4) is 0 Å². The van der Waals surface area contributed by atoms with Gasteiger partial charge in [-0.1, -0.05) is 20.8 Å². The number of aldehydes is 1. The van der Waals surface area contributed by atoms with Gasteiger partial charge >= 0.3 is 0 Å². The van der Waals surface area contributed by atoms with Crippen LogP contribution in [0.4, 0.5) is 0 Å². The van der Waals surface area contributed by atoms with Crippen molar-refractivity contribution in [1.82, 2.24) is 4.90 Å². The highest BCUT2D eigenvalue weighted by Crippen LogP contribution is 2.28. The molecule has 1 rings (SSSR count). The lowest BCUT2D eigenvalue weighted by atomic mass is 9.84. The summed E-state index contributed by atoms with van der Waals surface area (Å²) in [7, 11) is 2.18. The highest BCUT2D eigenvalue weighted by Gasteiger charge is 2.28. The second kappa shape index (κ2) is 5.81. The Balaban J connectivity index is 2.45. The fourth-order valence-electron chi connectivity index (χ4n) is 2.61. The lowest BCUT2D eigenvalue weighted by Crippen LogP contribution is -2.42. The second-order valence-corrected chi connectivity index (χ2v) is 5.95.